The van der Waals surface area contributed by atoms with Crippen molar-refractivity contribution in [2.75, 3.05) is 13.6 Å². The largest absolute Gasteiger partial charge is 0.343 e. The van der Waals surface area contributed by atoms with Crippen LogP contribution in [0.1, 0.15) is 45.7 Å². The van der Waals surface area contributed by atoms with Gasteiger partial charge in [0.15, 0.2) is 0 Å². The van der Waals surface area contributed by atoms with Crippen LogP contribution in [0.5, 0.6) is 0 Å². The van der Waals surface area contributed by atoms with Gasteiger partial charge in [-0.25, -0.2) is 4.98 Å². The quantitative estimate of drug-likeness (QED) is 0.865. The molecule has 0 radical (unpaired) electrons. The zero-order valence-corrected chi connectivity index (χ0v) is 15.1. The van der Waals surface area contributed by atoms with Crippen molar-refractivity contribution in [1.29, 1.82) is 0 Å². The Kier molecular flexibility index (Phi) is 4.53. The molecule has 1 aliphatic rings. The molecule has 1 atom stereocenters. The molecule has 6 heteroatoms. The monoisotopic (exact) mass is 332 g/mol. The highest BCUT2D eigenvalue weighted by Crippen LogP contribution is 2.34. The summed E-state index contributed by atoms with van der Waals surface area (Å²) >= 11 is 1.81. The maximum Gasteiger partial charge on any atom is 0.244 e. The summed E-state index contributed by atoms with van der Waals surface area (Å²) in [6.07, 6.45) is 3.45. The maximum atomic E-state index is 12.5. The highest BCUT2D eigenvalue weighted by molar-refractivity contribution is 7.11. The van der Waals surface area contributed by atoms with E-state index < -0.39 is 0 Å². The van der Waals surface area contributed by atoms with E-state index in [9.17, 15) is 4.79 Å². The van der Waals surface area contributed by atoms with Gasteiger partial charge in [0.05, 0.1) is 16.4 Å². The second-order valence-corrected chi connectivity index (χ2v) is 7.78. The van der Waals surface area contributed by atoms with Crippen LogP contribution in [0.4, 0.5) is 0 Å². The van der Waals surface area contributed by atoms with Crippen molar-refractivity contribution in [2.24, 2.45) is 0 Å². The fourth-order valence-electron chi connectivity index (χ4n) is 3.32. The molecule has 0 saturated heterocycles. The molecule has 2 aromatic heterocycles. The number of carbonyl (C=O) groups excluding carboxylic acids is 1. The number of rotatable bonds is 4. The van der Waals surface area contributed by atoms with E-state index >= 15 is 0 Å². The molecule has 0 N–H and O–H groups in total. The first-order valence-corrected chi connectivity index (χ1v) is 8.97. The standard InChI is InChI=1S/C17H24N4OS/c1-11-8-12(2)21(19-11)10-16(22)20(4)9-14-6-5-7-15-17(14)18-13(3)23-15/h8,14H,5-7,9-10H2,1-4H3/t14-/m0/s1. The maximum absolute atomic E-state index is 12.5. The van der Waals surface area contributed by atoms with Crippen molar-refractivity contribution in [3.8, 4) is 0 Å². The molecule has 3 rings (SSSR count). The molecule has 0 aromatic carbocycles. The lowest BCUT2D eigenvalue weighted by atomic mass is 9.90. The van der Waals surface area contributed by atoms with E-state index in [0.717, 1.165) is 35.8 Å². The van der Waals surface area contributed by atoms with Crippen LogP contribution in [0.25, 0.3) is 0 Å². The Bertz CT molecular complexity index is 718. The first-order chi connectivity index (χ1) is 10.9. The fraction of sp³-hybridized carbons (Fsp3) is 0.588. The SMILES string of the molecule is Cc1cc(C)n(CC(=O)N(C)C[C@@H]2CCCc3sc(C)nc32)n1. The number of hydrogen-bond donors (Lipinski definition) is 0. The van der Waals surface area contributed by atoms with Gasteiger partial charge < -0.3 is 4.90 Å². The first kappa shape index (κ1) is 16.2. The summed E-state index contributed by atoms with van der Waals surface area (Å²) < 4.78 is 1.79. The number of hydrogen-bond acceptors (Lipinski definition) is 4. The smallest absolute Gasteiger partial charge is 0.244 e. The van der Waals surface area contributed by atoms with Crippen LogP contribution in [0.2, 0.25) is 0 Å². The van der Waals surface area contributed by atoms with Crippen molar-refractivity contribution in [2.45, 2.75) is 52.5 Å². The van der Waals surface area contributed by atoms with Crippen molar-refractivity contribution >= 4 is 17.2 Å². The van der Waals surface area contributed by atoms with Crippen LogP contribution in [-0.4, -0.2) is 39.2 Å². The van der Waals surface area contributed by atoms with Crippen LogP contribution in [-0.2, 0) is 17.8 Å². The summed E-state index contributed by atoms with van der Waals surface area (Å²) in [5.41, 5.74) is 3.21. The van der Waals surface area contributed by atoms with Crippen LogP contribution in [0.15, 0.2) is 6.07 Å². The second kappa shape index (κ2) is 6.43. The van der Waals surface area contributed by atoms with Gasteiger partial charge in [-0.1, -0.05) is 0 Å². The topological polar surface area (TPSA) is 51.0 Å². The summed E-state index contributed by atoms with van der Waals surface area (Å²) in [5, 5.41) is 5.51. The Morgan fingerprint density at radius 1 is 1.43 bits per heavy atom. The Labute approximate surface area is 141 Å². The number of likely N-dealkylation sites (N-methyl/N-ethyl adjacent to an activating group) is 1. The van der Waals surface area contributed by atoms with Gasteiger partial charge in [-0.05, 0) is 46.1 Å². The van der Waals surface area contributed by atoms with Crippen molar-refractivity contribution in [3.05, 3.63) is 33.0 Å². The van der Waals surface area contributed by atoms with Crippen LogP contribution < -0.4 is 0 Å². The number of carbonyl (C=O) groups is 1. The highest BCUT2D eigenvalue weighted by Gasteiger charge is 2.26. The predicted octanol–water partition coefficient (Wildman–Crippen LogP) is 2.84. The third kappa shape index (κ3) is 3.47. The Morgan fingerprint density at radius 3 is 2.91 bits per heavy atom. The molecule has 23 heavy (non-hydrogen) atoms. The molecule has 0 spiro atoms. The summed E-state index contributed by atoms with van der Waals surface area (Å²) in [6, 6.07) is 2.00. The van der Waals surface area contributed by atoms with Crippen LogP contribution in [0.3, 0.4) is 0 Å². The number of aryl methyl sites for hydroxylation is 4. The minimum Gasteiger partial charge on any atom is -0.343 e. The number of amides is 1. The molecular weight excluding hydrogens is 308 g/mol. The normalized spacial score (nSPS) is 17.1. The predicted molar refractivity (Wildman–Crippen MR) is 91.9 cm³/mol. The van der Waals surface area contributed by atoms with Gasteiger partial charge in [-0.15, -0.1) is 11.3 Å². The minimum absolute atomic E-state index is 0.107. The number of aromatic nitrogens is 3. The Hall–Kier alpha value is -1.69. The average Bonchev–Trinajstić information content (AvgIpc) is 3.01. The van der Waals surface area contributed by atoms with Gasteiger partial charge in [0.25, 0.3) is 0 Å². The van der Waals surface area contributed by atoms with Crippen molar-refractivity contribution in [3.63, 3.8) is 0 Å². The fourth-order valence-corrected chi connectivity index (χ4v) is 4.39. The second-order valence-electron chi connectivity index (χ2n) is 6.49. The molecule has 124 valence electrons. The minimum atomic E-state index is 0.107. The van der Waals surface area contributed by atoms with Gasteiger partial charge >= 0.3 is 0 Å². The number of thiazole rings is 1. The molecule has 2 heterocycles. The molecule has 0 unspecified atom stereocenters. The molecule has 5 nitrogen and oxygen atoms in total. The number of fused-ring (bicyclic) bond motifs is 1. The molecule has 1 aliphatic carbocycles. The van der Waals surface area contributed by atoms with Crippen LogP contribution >= 0.6 is 11.3 Å². The summed E-state index contributed by atoms with van der Waals surface area (Å²) in [6.45, 7) is 7.06. The summed E-state index contributed by atoms with van der Waals surface area (Å²) in [5.74, 6) is 0.480. The molecule has 0 saturated carbocycles. The van der Waals surface area contributed by atoms with Crippen LogP contribution in [0, 0.1) is 20.8 Å². The molecular formula is C17H24N4OS. The van der Waals surface area contributed by atoms with Crippen molar-refractivity contribution in [1.82, 2.24) is 19.7 Å². The number of nitrogens with zero attached hydrogens (tertiary/aromatic N) is 4. The lowest BCUT2D eigenvalue weighted by Gasteiger charge is -2.26. The Balaban J connectivity index is 1.66. The van der Waals surface area contributed by atoms with Gasteiger partial charge in [0.2, 0.25) is 5.91 Å². The van der Waals surface area contributed by atoms with E-state index in [1.807, 2.05) is 43.2 Å². The van der Waals surface area contributed by atoms with E-state index in [4.69, 9.17) is 4.98 Å². The van der Waals surface area contributed by atoms with E-state index in [1.54, 1.807) is 4.68 Å². The molecule has 0 aliphatic heterocycles. The highest BCUT2D eigenvalue weighted by atomic mass is 32.1. The third-order valence-corrected chi connectivity index (χ3v) is 5.53. The van der Waals surface area contributed by atoms with E-state index in [1.165, 1.54) is 17.0 Å². The molecule has 0 fully saturated rings. The van der Waals surface area contributed by atoms with Gasteiger partial charge in [0, 0.05) is 30.1 Å². The zero-order chi connectivity index (χ0) is 16.6. The lowest BCUT2D eigenvalue weighted by molar-refractivity contribution is -0.131. The first-order valence-electron chi connectivity index (χ1n) is 8.15. The molecule has 1 amide bonds. The lowest BCUT2D eigenvalue weighted by Crippen LogP contribution is -2.35. The zero-order valence-electron chi connectivity index (χ0n) is 14.3. The average molecular weight is 332 g/mol. The Morgan fingerprint density at radius 2 is 2.22 bits per heavy atom. The van der Waals surface area contributed by atoms with E-state index in [2.05, 4.69) is 12.0 Å². The van der Waals surface area contributed by atoms with Gasteiger partial charge in [-0.2, -0.15) is 5.10 Å². The molecule has 0 bridgehead atoms. The molecule has 2 aromatic rings. The van der Waals surface area contributed by atoms with Crippen molar-refractivity contribution < 1.29 is 4.79 Å². The van der Waals surface area contributed by atoms with E-state index in [0.29, 0.717) is 12.5 Å². The summed E-state index contributed by atoms with van der Waals surface area (Å²) in [4.78, 5) is 20.5. The van der Waals surface area contributed by atoms with Gasteiger partial charge in [-0.3, -0.25) is 9.48 Å². The third-order valence-electron chi connectivity index (χ3n) is 4.49. The van der Waals surface area contributed by atoms with Gasteiger partial charge in [0.1, 0.15) is 6.54 Å². The van der Waals surface area contributed by atoms with E-state index in [-0.39, 0.29) is 5.91 Å². The summed E-state index contributed by atoms with van der Waals surface area (Å²) in [7, 11) is 1.89.